The quantitative estimate of drug-likeness (QED) is 0.784. The summed E-state index contributed by atoms with van der Waals surface area (Å²) in [7, 11) is 2.14. The number of anilines is 1. The third-order valence-corrected chi connectivity index (χ3v) is 6.75. The lowest BCUT2D eigenvalue weighted by Crippen LogP contribution is -2.55. The Kier molecular flexibility index (Phi) is 6.87. The Morgan fingerprint density at radius 1 is 1.16 bits per heavy atom. The van der Waals surface area contributed by atoms with Gasteiger partial charge in [0.15, 0.2) is 0 Å². The molecule has 1 aromatic carbocycles. The number of carbonyl (C=O) groups excluding carboxylic acids is 1. The number of hydrogen-bond acceptors (Lipinski definition) is 7. The fraction of sp³-hybridized carbons (Fsp3) is 0.583. The van der Waals surface area contributed by atoms with Gasteiger partial charge in [0.1, 0.15) is 17.1 Å². The van der Waals surface area contributed by atoms with Crippen molar-refractivity contribution >= 4 is 22.6 Å². The summed E-state index contributed by atoms with van der Waals surface area (Å²) in [4.78, 5) is 28.9. The normalized spacial score (nSPS) is 24.0. The maximum atomic E-state index is 13.1. The zero-order valence-corrected chi connectivity index (χ0v) is 19.3. The summed E-state index contributed by atoms with van der Waals surface area (Å²) in [6, 6.07) is 5.93. The Morgan fingerprint density at radius 2 is 1.94 bits per heavy atom. The van der Waals surface area contributed by atoms with E-state index in [0.29, 0.717) is 17.0 Å². The molecule has 2 saturated heterocycles. The van der Waals surface area contributed by atoms with E-state index in [-0.39, 0.29) is 18.0 Å². The molecule has 2 aromatic rings. The van der Waals surface area contributed by atoms with Crippen LogP contribution in [-0.2, 0) is 4.79 Å². The first-order chi connectivity index (χ1) is 15.5. The van der Waals surface area contributed by atoms with E-state index in [9.17, 15) is 10.1 Å². The van der Waals surface area contributed by atoms with Crippen molar-refractivity contribution in [2.45, 2.75) is 38.8 Å². The van der Waals surface area contributed by atoms with Crippen molar-refractivity contribution in [2.24, 2.45) is 5.92 Å². The van der Waals surface area contributed by atoms with E-state index >= 15 is 0 Å². The number of aromatic nitrogens is 2. The first-order valence-electron chi connectivity index (χ1n) is 11.6. The van der Waals surface area contributed by atoms with Gasteiger partial charge in [-0.3, -0.25) is 19.7 Å². The smallest absolute Gasteiger partial charge is 0.237 e. The summed E-state index contributed by atoms with van der Waals surface area (Å²) in [6.07, 6.45) is 5.34. The molecule has 32 heavy (non-hydrogen) atoms. The largest absolute Gasteiger partial charge is 0.367 e. The Balaban J connectivity index is 1.48. The van der Waals surface area contributed by atoms with Gasteiger partial charge in [-0.1, -0.05) is 6.92 Å². The molecule has 2 aliphatic rings. The highest BCUT2D eigenvalue weighted by Gasteiger charge is 2.30. The van der Waals surface area contributed by atoms with E-state index in [4.69, 9.17) is 0 Å². The van der Waals surface area contributed by atoms with E-state index in [1.165, 1.54) is 0 Å². The zero-order chi connectivity index (χ0) is 22.7. The molecular formula is C24H33N7O. The van der Waals surface area contributed by atoms with Gasteiger partial charge < -0.3 is 15.1 Å². The van der Waals surface area contributed by atoms with Crippen molar-refractivity contribution in [1.29, 1.82) is 5.26 Å². The lowest BCUT2D eigenvalue weighted by atomic mass is 9.94. The Hall–Kier alpha value is -2.76. The van der Waals surface area contributed by atoms with Gasteiger partial charge in [0, 0.05) is 51.2 Å². The highest BCUT2D eigenvalue weighted by Crippen LogP contribution is 2.30. The lowest BCUT2D eigenvalue weighted by Gasteiger charge is -2.39. The molecule has 170 valence electrons. The van der Waals surface area contributed by atoms with Crippen molar-refractivity contribution in [3.05, 3.63) is 30.1 Å². The summed E-state index contributed by atoms with van der Waals surface area (Å²) in [5, 5.41) is 12.8. The summed E-state index contributed by atoms with van der Waals surface area (Å²) in [6.45, 7) is 9.82. The second-order valence-corrected chi connectivity index (χ2v) is 9.32. The zero-order valence-electron chi connectivity index (χ0n) is 19.3. The maximum absolute atomic E-state index is 13.1. The Morgan fingerprint density at radius 3 is 2.72 bits per heavy atom. The van der Waals surface area contributed by atoms with Crippen LogP contribution < -0.4 is 10.2 Å². The summed E-state index contributed by atoms with van der Waals surface area (Å²) >= 11 is 0. The Bertz CT molecular complexity index is 1000. The molecule has 1 amide bonds. The molecular weight excluding hydrogens is 402 g/mol. The fourth-order valence-corrected chi connectivity index (χ4v) is 4.98. The van der Waals surface area contributed by atoms with E-state index < -0.39 is 0 Å². The van der Waals surface area contributed by atoms with E-state index in [1.54, 1.807) is 12.4 Å². The minimum Gasteiger partial charge on any atom is -0.367 e. The maximum Gasteiger partial charge on any atom is 0.237 e. The summed E-state index contributed by atoms with van der Waals surface area (Å²) in [5.74, 6) is 0.539. The average molecular weight is 436 g/mol. The number of rotatable bonds is 4. The number of hydrogen-bond donors (Lipinski definition) is 1. The molecule has 0 bridgehead atoms. The van der Waals surface area contributed by atoms with Crippen LogP contribution in [0.1, 0.15) is 32.3 Å². The molecule has 1 aromatic heterocycles. The third-order valence-electron chi connectivity index (χ3n) is 6.75. The molecule has 0 spiro atoms. The number of benzene rings is 1. The minimum atomic E-state index is -0.131. The number of likely N-dealkylation sites (N-methyl/N-ethyl adjacent to an activating group) is 1. The van der Waals surface area contributed by atoms with Crippen molar-refractivity contribution in [3.63, 3.8) is 0 Å². The van der Waals surface area contributed by atoms with E-state index in [0.717, 1.165) is 63.3 Å². The second kappa shape index (κ2) is 9.80. The van der Waals surface area contributed by atoms with Crippen LogP contribution in [0.3, 0.4) is 0 Å². The van der Waals surface area contributed by atoms with Crippen molar-refractivity contribution in [3.8, 4) is 6.07 Å². The van der Waals surface area contributed by atoms with E-state index in [2.05, 4.69) is 50.0 Å². The van der Waals surface area contributed by atoms with Crippen LogP contribution in [0.15, 0.2) is 24.5 Å². The highest BCUT2D eigenvalue weighted by atomic mass is 16.2. The molecule has 1 N–H and O–H groups in total. The highest BCUT2D eigenvalue weighted by molar-refractivity contribution is 5.92. The van der Waals surface area contributed by atoms with Gasteiger partial charge in [-0.25, -0.2) is 0 Å². The van der Waals surface area contributed by atoms with Crippen LogP contribution in [0, 0.1) is 17.2 Å². The summed E-state index contributed by atoms with van der Waals surface area (Å²) in [5.41, 5.74) is 2.88. The monoisotopic (exact) mass is 435 g/mol. The van der Waals surface area contributed by atoms with Crippen LogP contribution >= 0.6 is 0 Å². The number of carbonyl (C=O) groups is 1. The summed E-state index contributed by atoms with van der Waals surface area (Å²) < 4.78 is 0. The minimum absolute atomic E-state index is 0.0747. The SMILES string of the molecule is CC(C(=O)N[C@@H]1C[C@H](C)CN(c2ccc(C#N)c3nccnc23)C1)N1CCCN(C)CC1. The van der Waals surface area contributed by atoms with Gasteiger partial charge in [0.2, 0.25) is 5.91 Å². The van der Waals surface area contributed by atoms with Crippen LogP contribution in [0.25, 0.3) is 11.0 Å². The van der Waals surface area contributed by atoms with Crippen molar-refractivity contribution in [1.82, 2.24) is 25.1 Å². The fourth-order valence-electron chi connectivity index (χ4n) is 4.98. The second-order valence-electron chi connectivity index (χ2n) is 9.32. The number of nitrogens with zero attached hydrogens (tertiary/aromatic N) is 6. The first kappa shape index (κ1) is 22.4. The van der Waals surface area contributed by atoms with Crippen LogP contribution in [-0.4, -0.2) is 84.1 Å². The lowest BCUT2D eigenvalue weighted by molar-refractivity contribution is -0.126. The number of nitrogens with one attached hydrogen (secondary N) is 1. The molecule has 4 rings (SSSR count). The van der Waals surface area contributed by atoms with Crippen LogP contribution in [0.4, 0.5) is 5.69 Å². The van der Waals surface area contributed by atoms with Crippen LogP contribution in [0.5, 0.6) is 0 Å². The standard InChI is InChI=1S/C24H33N7O/c1-17-13-20(28-24(32)18(2)30-10-4-9-29(3)11-12-30)16-31(15-17)21-6-5-19(14-25)22-23(21)27-8-7-26-22/h5-8,17-18,20H,4,9-13,15-16H2,1-3H3,(H,28,32)/t17-,18?,20+/m0/s1. The molecule has 0 radical (unpaired) electrons. The van der Waals surface area contributed by atoms with E-state index in [1.807, 2.05) is 19.1 Å². The molecule has 2 aliphatic heterocycles. The van der Waals surface area contributed by atoms with Gasteiger partial charge in [-0.05, 0) is 51.4 Å². The number of piperidine rings is 1. The Labute approximate surface area is 190 Å². The van der Waals surface area contributed by atoms with Crippen molar-refractivity contribution < 1.29 is 4.79 Å². The molecule has 0 aliphatic carbocycles. The van der Waals surface area contributed by atoms with Gasteiger partial charge >= 0.3 is 0 Å². The molecule has 3 atom stereocenters. The van der Waals surface area contributed by atoms with Crippen LogP contribution in [0.2, 0.25) is 0 Å². The molecule has 2 fully saturated rings. The van der Waals surface area contributed by atoms with Gasteiger partial charge in [-0.2, -0.15) is 5.26 Å². The number of amides is 1. The molecule has 1 unspecified atom stereocenters. The molecule has 0 saturated carbocycles. The predicted molar refractivity (Wildman–Crippen MR) is 125 cm³/mol. The predicted octanol–water partition coefficient (Wildman–Crippen LogP) is 1.86. The average Bonchev–Trinajstić information content (AvgIpc) is 3.01. The van der Waals surface area contributed by atoms with Gasteiger partial charge in [0.25, 0.3) is 0 Å². The first-order valence-corrected chi connectivity index (χ1v) is 11.6. The molecule has 8 nitrogen and oxygen atoms in total. The van der Waals surface area contributed by atoms with Crippen molar-refractivity contribution in [2.75, 3.05) is 51.2 Å². The third kappa shape index (κ3) is 4.84. The van der Waals surface area contributed by atoms with Gasteiger partial charge in [0.05, 0.1) is 17.3 Å². The number of nitriles is 1. The number of fused-ring (bicyclic) bond motifs is 1. The topological polar surface area (TPSA) is 88.4 Å². The molecule has 8 heteroatoms. The molecule has 3 heterocycles. The van der Waals surface area contributed by atoms with Gasteiger partial charge in [-0.15, -0.1) is 0 Å².